The summed E-state index contributed by atoms with van der Waals surface area (Å²) >= 11 is 5.99. The maximum Gasteiger partial charge on any atom is 0.490 e. The number of rotatable bonds is 5. The van der Waals surface area contributed by atoms with Crippen molar-refractivity contribution in [3.05, 3.63) is 58.6 Å². The van der Waals surface area contributed by atoms with E-state index in [4.69, 9.17) is 21.5 Å². The maximum atomic E-state index is 10.6. The van der Waals surface area contributed by atoms with E-state index in [1.165, 1.54) is 11.3 Å². The van der Waals surface area contributed by atoms with Crippen LogP contribution in [0.1, 0.15) is 17.1 Å². The molecule has 2 aromatic heterocycles. The van der Waals surface area contributed by atoms with E-state index in [0.29, 0.717) is 0 Å². The van der Waals surface area contributed by atoms with Crippen LogP contribution < -0.4 is 5.32 Å². The number of carbonyl (C=O) groups is 1. The van der Waals surface area contributed by atoms with Crippen LogP contribution in [0, 0.1) is 11.3 Å². The molecular weight excluding hydrogens is 473 g/mol. The van der Waals surface area contributed by atoms with Gasteiger partial charge in [-0.3, -0.25) is 4.90 Å². The van der Waals surface area contributed by atoms with Gasteiger partial charge in [-0.1, -0.05) is 23.7 Å². The average Bonchev–Trinajstić information content (AvgIpc) is 3.15. The van der Waals surface area contributed by atoms with Crippen molar-refractivity contribution in [2.24, 2.45) is 0 Å². The molecular formula is C22H22ClF3N6O2. The largest absolute Gasteiger partial charge is 0.490 e. The molecule has 0 unspecified atom stereocenters. The van der Waals surface area contributed by atoms with Gasteiger partial charge in [-0.05, 0) is 30.2 Å². The van der Waals surface area contributed by atoms with Gasteiger partial charge in [-0.2, -0.15) is 18.4 Å². The summed E-state index contributed by atoms with van der Waals surface area (Å²) in [5, 5.41) is 21.4. The van der Waals surface area contributed by atoms with E-state index in [9.17, 15) is 18.4 Å². The number of nitriles is 1. The summed E-state index contributed by atoms with van der Waals surface area (Å²) in [6, 6.07) is 12.1. The Kier molecular flexibility index (Phi) is 8.44. The molecule has 12 heteroatoms. The van der Waals surface area contributed by atoms with Gasteiger partial charge >= 0.3 is 12.1 Å². The van der Waals surface area contributed by atoms with Crippen LogP contribution in [0.2, 0.25) is 5.02 Å². The minimum atomic E-state index is -5.08. The molecule has 0 bridgehead atoms. The molecule has 1 fully saturated rings. The highest BCUT2D eigenvalue weighted by molar-refractivity contribution is 6.30. The second-order valence-corrected chi connectivity index (χ2v) is 8.01. The molecule has 0 atom stereocenters. The van der Waals surface area contributed by atoms with E-state index in [1.54, 1.807) is 6.20 Å². The first kappa shape index (κ1) is 25.4. The Labute approximate surface area is 198 Å². The Morgan fingerprint density at radius 3 is 2.47 bits per heavy atom. The zero-order valence-electron chi connectivity index (χ0n) is 18.0. The lowest BCUT2D eigenvalue weighted by Gasteiger charge is -2.27. The number of fused-ring (bicyclic) bond motifs is 1. The van der Waals surface area contributed by atoms with Crippen LogP contribution in [0.5, 0.6) is 0 Å². The lowest BCUT2D eigenvalue weighted by Crippen LogP contribution is -2.43. The molecule has 0 saturated carbocycles. The molecule has 8 nitrogen and oxygen atoms in total. The summed E-state index contributed by atoms with van der Waals surface area (Å²) in [4.78, 5) is 19.9. The molecule has 3 aromatic rings. The van der Waals surface area contributed by atoms with Crippen molar-refractivity contribution in [3.8, 4) is 6.07 Å². The van der Waals surface area contributed by atoms with Crippen molar-refractivity contribution in [3.63, 3.8) is 0 Å². The molecule has 1 aliphatic heterocycles. The number of alkyl halides is 3. The molecule has 0 aliphatic carbocycles. The predicted molar refractivity (Wildman–Crippen MR) is 119 cm³/mol. The number of aromatic nitrogens is 3. The van der Waals surface area contributed by atoms with Gasteiger partial charge in [0.25, 0.3) is 0 Å². The molecule has 2 N–H and O–H groups in total. The van der Waals surface area contributed by atoms with Crippen molar-refractivity contribution >= 4 is 28.6 Å². The van der Waals surface area contributed by atoms with Crippen LogP contribution in [0.3, 0.4) is 0 Å². The van der Waals surface area contributed by atoms with Crippen LogP contribution in [0.25, 0.3) is 11.0 Å². The molecule has 4 rings (SSSR count). The van der Waals surface area contributed by atoms with E-state index in [-0.39, 0.29) is 5.82 Å². The van der Waals surface area contributed by atoms with E-state index in [2.05, 4.69) is 43.0 Å². The van der Waals surface area contributed by atoms with Crippen LogP contribution >= 0.6 is 11.6 Å². The molecule has 1 saturated heterocycles. The highest BCUT2D eigenvalue weighted by Gasteiger charge is 2.38. The quantitative estimate of drug-likeness (QED) is 0.560. The number of nitrogens with one attached hydrogen (secondary N) is 1. The standard InChI is InChI=1S/C20H21ClN6.C2HF3O2/c21-17-3-1-15(2-4-17)5-8-27-18(14-26-9-6-23-7-10-26)11-16-13-24-19(12-22)25-20(16)27;3-2(4,5)1(6)7/h1-4,11,13,23H,5-10,14H2;(H,6,7). The number of aliphatic carboxylic acids is 1. The number of piperazine rings is 1. The van der Waals surface area contributed by atoms with E-state index in [1.807, 2.05) is 18.2 Å². The molecule has 0 radical (unpaired) electrons. The number of hydrogen-bond acceptors (Lipinski definition) is 6. The number of carboxylic acids is 1. The Balaban J connectivity index is 0.000000406. The normalized spacial score (nSPS) is 14.3. The van der Waals surface area contributed by atoms with E-state index >= 15 is 0 Å². The van der Waals surface area contributed by atoms with Gasteiger partial charge in [-0.15, -0.1) is 0 Å². The molecule has 1 aromatic carbocycles. The van der Waals surface area contributed by atoms with Crippen LogP contribution in [0.4, 0.5) is 13.2 Å². The monoisotopic (exact) mass is 494 g/mol. The topological polar surface area (TPSA) is 107 Å². The Hall–Kier alpha value is -3.20. The van der Waals surface area contributed by atoms with Crippen molar-refractivity contribution < 1.29 is 23.1 Å². The average molecular weight is 495 g/mol. The second-order valence-electron chi connectivity index (χ2n) is 7.58. The van der Waals surface area contributed by atoms with Gasteiger partial charge in [0.15, 0.2) is 0 Å². The van der Waals surface area contributed by atoms with Crippen LogP contribution in [-0.4, -0.2) is 62.9 Å². The summed E-state index contributed by atoms with van der Waals surface area (Å²) in [5.74, 6) is -2.55. The van der Waals surface area contributed by atoms with E-state index < -0.39 is 12.1 Å². The van der Waals surface area contributed by atoms with Crippen molar-refractivity contribution in [1.82, 2.24) is 24.8 Å². The van der Waals surface area contributed by atoms with Gasteiger partial charge in [0, 0.05) is 61.6 Å². The van der Waals surface area contributed by atoms with Crippen molar-refractivity contribution in [1.29, 1.82) is 5.26 Å². The first-order valence-corrected chi connectivity index (χ1v) is 10.8. The van der Waals surface area contributed by atoms with E-state index in [0.717, 1.165) is 61.7 Å². The number of carboxylic acid groups (broad SMARTS) is 1. The molecule has 34 heavy (non-hydrogen) atoms. The Morgan fingerprint density at radius 2 is 1.88 bits per heavy atom. The van der Waals surface area contributed by atoms with Gasteiger partial charge in [0.05, 0.1) is 0 Å². The SMILES string of the molecule is N#Cc1ncc2cc(CN3CCNCC3)n(CCc3ccc(Cl)cc3)c2n1.O=C(O)C(F)(F)F. The van der Waals surface area contributed by atoms with Crippen molar-refractivity contribution in [2.75, 3.05) is 26.2 Å². The minimum Gasteiger partial charge on any atom is -0.475 e. The lowest BCUT2D eigenvalue weighted by atomic mass is 10.1. The third-order valence-corrected chi connectivity index (χ3v) is 5.45. The molecule has 3 heterocycles. The summed E-state index contributed by atoms with van der Waals surface area (Å²) in [7, 11) is 0. The summed E-state index contributed by atoms with van der Waals surface area (Å²) < 4.78 is 34.0. The number of aryl methyl sites for hydroxylation is 2. The number of halogens is 4. The zero-order valence-corrected chi connectivity index (χ0v) is 18.8. The fraction of sp³-hybridized carbons (Fsp3) is 0.364. The summed E-state index contributed by atoms with van der Waals surface area (Å²) in [5.41, 5.74) is 3.27. The van der Waals surface area contributed by atoms with Gasteiger partial charge in [0.2, 0.25) is 5.82 Å². The Bertz CT molecular complexity index is 1170. The highest BCUT2D eigenvalue weighted by atomic mass is 35.5. The number of hydrogen-bond donors (Lipinski definition) is 2. The van der Waals surface area contributed by atoms with Gasteiger partial charge in [0.1, 0.15) is 11.7 Å². The highest BCUT2D eigenvalue weighted by Crippen LogP contribution is 2.21. The fourth-order valence-corrected chi connectivity index (χ4v) is 3.64. The molecule has 1 aliphatic rings. The second kappa shape index (κ2) is 11.3. The van der Waals surface area contributed by atoms with Crippen LogP contribution in [-0.2, 0) is 24.3 Å². The third-order valence-electron chi connectivity index (χ3n) is 5.20. The zero-order chi connectivity index (χ0) is 24.7. The minimum absolute atomic E-state index is 0.210. The summed E-state index contributed by atoms with van der Waals surface area (Å²) in [6.07, 6.45) is -2.46. The predicted octanol–water partition coefficient (Wildman–Crippen LogP) is 3.24. The summed E-state index contributed by atoms with van der Waals surface area (Å²) in [6.45, 7) is 5.78. The first-order chi connectivity index (χ1) is 16.2. The van der Waals surface area contributed by atoms with Gasteiger partial charge in [-0.25, -0.2) is 14.8 Å². The van der Waals surface area contributed by atoms with Crippen molar-refractivity contribution in [2.45, 2.75) is 25.7 Å². The smallest absolute Gasteiger partial charge is 0.475 e. The molecule has 180 valence electrons. The number of nitrogens with zero attached hydrogens (tertiary/aromatic N) is 5. The van der Waals surface area contributed by atoms with Gasteiger partial charge < -0.3 is 15.0 Å². The Morgan fingerprint density at radius 1 is 1.24 bits per heavy atom. The lowest BCUT2D eigenvalue weighted by molar-refractivity contribution is -0.192. The van der Waals surface area contributed by atoms with Crippen LogP contribution in [0.15, 0.2) is 36.5 Å². The molecule has 0 amide bonds. The first-order valence-electron chi connectivity index (χ1n) is 10.4. The molecule has 0 spiro atoms. The fourth-order valence-electron chi connectivity index (χ4n) is 3.52. The number of benzene rings is 1. The third kappa shape index (κ3) is 6.90. The maximum absolute atomic E-state index is 10.6.